The number of imidazole rings is 1. The first-order valence-electron chi connectivity index (χ1n) is 11.7. The van der Waals surface area contributed by atoms with Crippen LogP contribution in [0.1, 0.15) is 62.8 Å². The molecule has 174 valence electrons. The fraction of sp³-hybridized carbons (Fsp3) is 0.667. The first-order chi connectivity index (χ1) is 15.2. The summed E-state index contributed by atoms with van der Waals surface area (Å²) in [5.41, 5.74) is 2.54. The number of carbonyl (C=O) groups is 1. The van der Waals surface area contributed by atoms with Gasteiger partial charge in [0.1, 0.15) is 5.82 Å². The third-order valence-corrected chi connectivity index (χ3v) is 7.11. The van der Waals surface area contributed by atoms with Crippen molar-refractivity contribution in [1.29, 1.82) is 0 Å². The highest BCUT2D eigenvalue weighted by atomic mass is 19.3. The molecule has 0 spiro atoms. The van der Waals surface area contributed by atoms with Gasteiger partial charge in [0, 0.05) is 44.1 Å². The van der Waals surface area contributed by atoms with Gasteiger partial charge in [0.2, 0.25) is 11.8 Å². The molecule has 0 bridgehead atoms. The van der Waals surface area contributed by atoms with Crippen LogP contribution in [0.4, 0.5) is 17.6 Å². The maximum absolute atomic E-state index is 13.3. The molecule has 32 heavy (non-hydrogen) atoms. The topological polar surface area (TPSA) is 57.8 Å². The van der Waals surface area contributed by atoms with Gasteiger partial charge in [-0.15, -0.1) is 0 Å². The van der Waals surface area contributed by atoms with E-state index in [1.165, 1.54) is 19.3 Å². The molecule has 2 unspecified atom stereocenters. The zero-order valence-corrected chi connectivity index (χ0v) is 18.0. The van der Waals surface area contributed by atoms with Gasteiger partial charge in [-0.05, 0) is 42.4 Å². The molecule has 0 radical (unpaired) electrons. The van der Waals surface area contributed by atoms with Crippen molar-refractivity contribution in [2.24, 2.45) is 23.7 Å². The summed E-state index contributed by atoms with van der Waals surface area (Å²) in [6.07, 6.45) is 6.04. The van der Waals surface area contributed by atoms with Gasteiger partial charge in [-0.1, -0.05) is 25.3 Å². The van der Waals surface area contributed by atoms with E-state index in [0.717, 1.165) is 22.4 Å². The summed E-state index contributed by atoms with van der Waals surface area (Å²) >= 11 is 0. The number of benzene rings is 1. The molecule has 4 nitrogen and oxygen atoms in total. The first-order valence-corrected chi connectivity index (χ1v) is 11.7. The molecule has 0 aliphatic heterocycles. The molecule has 2 aromatic rings. The largest absolute Gasteiger partial charge is 0.352 e. The average molecular weight is 452 g/mol. The number of hydrogen-bond acceptors (Lipinski definition) is 2. The molecule has 6 rings (SSSR count). The van der Waals surface area contributed by atoms with E-state index >= 15 is 0 Å². The smallest absolute Gasteiger partial charge is 0.254 e. The molecule has 2 atom stereocenters. The van der Waals surface area contributed by atoms with E-state index < -0.39 is 23.7 Å². The number of hydrogen-bond donors (Lipinski definition) is 2. The van der Waals surface area contributed by atoms with Crippen LogP contribution in [0.2, 0.25) is 0 Å². The number of carbonyl (C=O) groups excluding carboxylic acids is 1. The summed E-state index contributed by atoms with van der Waals surface area (Å²) in [5, 5.41) is 2.78. The Morgan fingerprint density at radius 2 is 1.75 bits per heavy atom. The summed E-state index contributed by atoms with van der Waals surface area (Å²) in [5.74, 6) is -5.30. The number of H-pyrrole nitrogens is 1. The van der Waals surface area contributed by atoms with Gasteiger partial charge in [-0.2, -0.15) is 0 Å². The van der Waals surface area contributed by atoms with Crippen LogP contribution in [0.3, 0.4) is 0 Å². The molecule has 1 amide bonds. The van der Waals surface area contributed by atoms with Crippen LogP contribution in [0.5, 0.6) is 0 Å². The number of amides is 1. The van der Waals surface area contributed by atoms with Crippen molar-refractivity contribution in [2.75, 3.05) is 0 Å². The number of aromatic nitrogens is 2. The summed E-state index contributed by atoms with van der Waals surface area (Å²) < 4.78 is 52.4. The maximum atomic E-state index is 13.3. The lowest BCUT2D eigenvalue weighted by molar-refractivity contribution is -0.133. The fourth-order valence-electron chi connectivity index (χ4n) is 5.14. The van der Waals surface area contributed by atoms with E-state index in [2.05, 4.69) is 15.3 Å². The van der Waals surface area contributed by atoms with Crippen LogP contribution in [0.25, 0.3) is 11.0 Å². The Hall–Kier alpha value is -2.12. The number of fused-ring (bicyclic) bond motifs is 2. The Labute approximate surface area is 184 Å². The zero-order chi connectivity index (χ0) is 22.5. The molecule has 2 N–H and O–H groups in total. The highest BCUT2D eigenvalue weighted by Gasteiger charge is 2.71. The predicted octanol–water partition coefficient (Wildman–Crippen LogP) is 5.62. The van der Waals surface area contributed by atoms with E-state index in [-0.39, 0.29) is 37.0 Å². The van der Waals surface area contributed by atoms with Gasteiger partial charge in [0.05, 0.1) is 11.0 Å². The van der Waals surface area contributed by atoms with Crippen molar-refractivity contribution in [1.82, 2.24) is 15.3 Å². The van der Waals surface area contributed by atoms with Crippen LogP contribution >= 0.6 is 0 Å². The van der Waals surface area contributed by atoms with Crippen molar-refractivity contribution in [3.63, 3.8) is 0 Å². The van der Waals surface area contributed by atoms with Gasteiger partial charge < -0.3 is 10.3 Å². The Morgan fingerprint density at radius 3 is 2.38 bits per heavy atom. The lowest BCUT2D eigenvalue weighted by Gasteiger charge is -2.34. The van der Waals surface area contributed by atoms with Crippen LogP contribution in [0, 0.1) is 23.7 Å². The summed E-state index contributed by atoms with van der Waals surface area (Å²) in [4.78, 5) is 19.8. The SMILES string of the molecule is C1CC1.O=C(CC1CC(F)(F)C1)NCc1ccc2nc(CC3CC4C(C3)C4(F)F)[nH]c2c1. The highest BCUT2D eigenvalue weighted by molar-refractivity contribution is 5.78. The number of nitrogens with one attached hydrogen (secondary N) is 2. The first kappa shape index (κ1) is 21.7. The van der Waals surface area contributed by atoms with Crippen molar-refractivity contribution in [3.05, 3.63) is 29.6 Å². The van der Waals surface area contributed by atoms with E-state index in [0.29, 0.717) is 25.8 Å². The van der Waals surface area contributed by atoms with E-state index in [4.69, 9.17) is 0 Å². The predicted molar refractivity (Wildman–Crippen MR) is 112 cm³/mol. The molecule has 4 aliphatic carbocycles. The van der Waals surface area contributed by atoms with E-state index in [9.17, 15) is 22.4 Å². The van der Waals surface area contributed by atoms with Gasteiger partial charge in [-0.3, -0.25) is 4.79 Å². The van der Waals surface area contributed by atoms with Gasteiger partial charge >= 0.3 is 0 Å². The molecule has 4 fully saturated rings. The van der Waals surface area contributed by atoms with Crippen molar-refractivity contribution in [2.45, 2.75) is 76.2 Å². The molecule has 8 heteroatoms. The number of rotatable bonds is 6. The minimum atomic E-state index is -2.60. The van der Waals surface area contributed by atoms with Crippen molar-refractivity contribution < 1.29 is 22.4 Å². The normalized spacial score (nSPS) is 28.9. The van der Waals surface area contributed by atoms with Crippen LogP contribution < -0.4 is 5.32 Å². The van der Waals surface area contributed by atoms with E-state index in [1.54, 1.807) is 0 Å². The number of halogens is 4. The summed E-state index contributed by atoms with van der Waals surface area (Å²) in [6, 6.07) is 5.64. The molecule has 1 aromatic heterocycles. The monoisotopic (exact) mass is 451 g/mol. The minimum absolute atomic E-state index is 0.133. The lowest BCUT2D eigenvalue weighted by Crippen LogP contribution is -2.38. The molecule has 0 saturated heterocycles. The van der Waals surface area contributed by atoms with Gasteiger partial charge in [0.15, 0.2) is 0 Å². The molecule has 4 saturated carbocycles. The highest BCUT2D eigenvalue weighted by Crippen LogP contribution is 2.65. The van der Waals surface area contributed by atoms with Crippen molar-refractivity contribution in [3.8, 4) is 0 Å². The Kier molecular flexibility index (Phi) is 5.45. The summed E-state index contributed by atoms with van der Waals surface area (Å²) in [6.45, 7) is 0.327. The van der Waals surface area contributed by atoms with E-state index in [1.807, 2.05) is 18.2 Å². The Morgan fingerprint density at radius 1 is 1.06 bits per heavy atom. The third-order valence-electron chi connectivity index (χ3n) is 7.11. The van der Waals surface area contributed by atoms with Gasteiger partial charge in [0.25, 0.3) is 5.92 Å². The quantitative estimate of drug-likeness (QED) is 0.560. The molecule has 1 aromatic carbocycles. The van der Waals surface area contributed by atoms with Crippen LogP contribution in [0.15, 0.2) is 18.2 Å². The molecule has 4 aliphatic rings. The average Bonchev–Trinajstić information content (AvgIpc) is 3.56. The Balaban J connectivity index is 0.000000666. The minimum Gasteiger partial charge on any atom is -0.352 e. The molecular weight excluding hydrogens is 422 g/mol. The number of nitrogens with zero attached hydrogens (tertiary/aromatic N) is 1. The van der Waals surface area contributed by atoms with Gasteiger partial charge in [-0.25, -0.2) is 22.5 Å². The standard InChI is InChI=1S/C21H23F4N3O.C3H6/c22-20(23)8-13(9-20)7-19(29)26-10-11-1-2-16-17(5-11)28-18(27-16)6-12-3-14-15(4-12)21(14,24)25;1-2-3-1/h1-2,5,12-15H,3-4,6-10H2,(H,26,29)(H,27,28);1-3H2. The second kappa shape index (κ2) is 8.03. The second-order valence-corrected chi connectivity index (χ2v) is 10.1. The Bertz CT molecular complexity index is 978. The maximum Gasteiger partial charge on any atom is 0.254 e. The fourth-order valence-corrected chi connectivity index (χ4v) is 5.14. The summed E-state index contributed by atoms with van der Waals surface area (Å²) in [7, 11) is 0. The van der Waals surface area contributed by atoms with Crippen LogP contribution in [-0.4, -0.2) is 27.7 Å². The third kappa shape index (κ3) is 4.79. The number of alkyl halides is 4. The van der Waals surface area contributed by atoms with Crippen LogP contribution in [-0.2, 0) is 17.8 Å². The lowest BCUT2D eigenvalue weighted by atomic mass is 9.79. The van der Waals surface area contributed by atoms with Crippen molar-refractivity contribution >= 4 is 16.9 Å². The number of aromatic amines is 1. The molecular formula is C24H29F4N3O. The second-order valence-electron chi connectivity index (χ2n) is 10.1. The zero-order valence-electron chi connectivity index (χ0n) is 18.0. The molecule has 1 heterocycles.